The zero-order chi connectivity index (χ0) is 15.3. The maximum absolute atomic E-state index is 9.93. The third-order valence-electron chi connectivity index (χ3n) is 3.21. The average molecular weight is 281 g/mol. The molecule has 0 heterocycles. The van der Waals surface area contributed by atoms with Crippen LogP contribution < -0.4 is 14.2 Å². The molecule has 0 radical (unpaired) electrons. The van der Waals surface area contributed by atoms with Crippen molar-refractivity contribution in [1.82, 2.24) is 0 Å². The molecule has 0 saturated carbocycles. The summed E-state index contributed by atoms with van der Waals surface area (Å²) in [5.74, 6) is 1.24. The van der Waals surface area contributed by atoms with Crippen LogP contribution in [0.2, 0.25) is 0 Å². The van der Waals surface area contributed by atoms with E-state index in [4.69, 9.17) is 18.9 Å². The third-order valence-corrected chi connectivity index (χ3v) is 3.21. The summed E-state index contributed by atoms with van der Waals surface area (Å²) in [6.45, 7) is 1.57. The van der Waals surface area contributed by atoms with Gasteiger partial charge in [0.1, 0.15) is 5.41 Å². The van der Waals surface area contributed by atoms with Crippen molar-refractivity contribution in [2.24, 2.45) is 0 Å². The smallest absolute Gasteiger partial charge is 0.203 e. The molecule has 0 spiro atoms. The molecule has 1 aromatic rings. The lowest BCUT2D eigenvalue weighted by molar-refractivity contribution is -0.107. The Hall–Kier alpha value is -1.97. The molecule has 0 aliphatic carbocycles. The Morgan fingerprint density at radius 1 is 1.10 bits per heavy atom. The molecule has 1 N–H and O–H groups in total. The molecule has 0 saturated heterocycles. The van der Waals surface area contributed by atoms with Gasteiger partial charge in [-0.05, 0) is 24.6 Å². The van der Waals surface area contributed by atoms with Crippen LogP contribution in [-0.2, 0) is 10.2 Å². The molecule has 2 atom stereocenters. The van der Waals surface area contributed by atoms with Gasteiger partial charge in [-0.15, -0.1) is 0 Å². The van der Waals surface area contributed by atoms with Crippen LogP contribution in [0.4, 0.5) is 0 Å². The maximum atomic E-state index is 9.93. The number of aliphatic hydroxyl groups is 1. The maximum Gasteiger partial charge on any atom is 0.203 e. The van der Waals surface area contributed by atoms with E-state index in [1.807, 2.05) is 0 Å². The van der Waals surface area contributed by atoms with Crippen molar-refractivity contribution in [2.45, 2.75) is 18.6 Å². The SMILES string of the molecule is COc1cc(C(C)(C#N)C(O)OC)cc(OC)c1OC. The molecular formula is C14H19NO5. The highest BCUT2D eigenvalue weighted by Crippen LogP contribution is 2.42. The molecule has 20 heavy (non-hydrogen) atoms. The standard InChI is InChI=1S/C14H19NO5/c1-14(8-15,13(16)20-5)9-6-10(17-2)12(19-4)11(7-9)18-3/h6-7,13,16H,1-5H3. The lowest BCUT2D eigenvalue weighted by Gasteiger charge is -2.28. The van der Waals surface area contributed by atoms with Gasteiger partial charge < -0.3 is 24.1 Å². The van der Waals surface area contributed by atoms with Crippen LogP contribution in [0.1, 0.15) is 12.5 Å². The van der Waals surface area contributed by atoms with Gasteiger partial charge in [0, 0.05) is 7.11 Å². The first kappa shape index (κ1) is 16.1. The molecule has 110 valence electrons. The lowest BCUT2D eigenvalue weighted by Crippen LogP contribution is -2.36. The first-order valence-corrected chi connectivity index (χ1v) is 5.91. The molecule has 0 amide bonds. The second-order valence-corrected chi connectivity index (χ2v) is 4.32. The van der Waals surface area contributed by atoms with Crippen LogP contribution in [0.15, 0.2) is 12.1 Å². The molecule has 0 aliphatic rings. The summed E-state index contributed by atoms with van der Waals surface area (Å²) in [6.07, 6.45) is -1.28. The van der Waals surface area contributed by atoms with Crippen LogP contribution in [0.3, 0.4) is 0 Å². The Bertz CT molecular complexity index is 486. The Morgan fingerprint density at radius 3 is 1.90 bits per heavy atom. The number of methoxy groups -OCH3 is 4. The predicted octanol–water partition coefficient (Wildman–Crippen LogP) is 1.46. The zero-order valence-electron chi connectivity index (χ0n) is 12.3. The predicted molar refractivity (Wildman–Crippen MR) is 72.1 cm³/mol. The number of ether oxygens (including phenoxy) is 4. The van der Waals surface area contributed by atoms with Crippen molar-refractivity contribution in [3.63, 3.8) is 0 Å². The highest BCUT2D eigenvalue weighted by atomic mass is 16.6. The van der Waals surface area contributed by atoms with Gasteiger partial charge in [-0.25, -0.2) is 0 Å². The summed E-state index contributed by atoms with van der Waals surface area (Å²) < 4.78 is 20.6. The molecule has 0 aliphatic heterocycles. The number of nitriles is 1. The summed E-state index contributed by atoms with van der Waals surface area (Å²) in [5.41, 5.74) is -0.759. The molecule has 0 bridgehead atoms. The van der Waals surface area contributed by atoms with Crippen molar-refractivity contribution in [3.8, 4) is 23.3 Å². The van der Waals surface area contributed by atoms with Crippen LogP contribution >= 0.6 is 0 Å². The van der Waals surface area contributed by atoms with Gasteiger partial charge in [-0.1, -0.05) is 0 Å². The van der Waals surface area contributed by atoms with Crippen LogP contribution in [0.25, 0.3) is 0 Å². The van der Waals surface area contributed by atoms with Crippen molar-refractivity contribution >= 4 is 0 Å². The highest BCUT2D eigenvalue weighted by Gasteiger charge is 2.37. The highest BCUT2D eigenvalue weighted by molar-refractivity contribution is 5.56. The van der Waals surface area contributed by atoms with Gasteiger partial charge in [0.15, 0.2) is 17.8 Å². The minimum Gasteiger partial charge on any atom is -0.493 e. The quantitative estimate of drug-likeness (QED) is 0.795. The first-order chi connectivity index (χ1) is 9.48. The summed E-state index contributed by atoms with van der Waals surface area (Å²) in [6, 6.07) is 5.29. The van der Waals surface area contributed by atoms with E-state index >= 15 is 0 Å². The normalized spacial score (nSPS) is 14.8. The minimum atomic E-state index is -1.28. The van der Waals surface area contributed by atoms with E-state index in [0.29, 0.717) is 22.8 Å². The monoisotopic (exact) mass is 281 g/mol. The molecule has 1 aromatic carbocycles. The van der Waals surface area contributed by atoms with Gasteiger partial charge in [-0.2, -0.15) is 5.26 Å². The topological polar surface area (TPSA) is 80.9 Å². The number of rotatable bonds is 6. The molecule has 0 aromatic heterocycles. The van der Waals surface area contributed by atoms with E-state index in [-0.39, 0.29) is 0 Å². The van der Waals surface area contributed by atoms with E-state index in [0.717, 1.165) is 0 Å². The van der Waals surface area contributed by atoms with E-state index < -0.39 is 11.7 Å². The summed E-state index contributed by atoms with van der Waals surface area (Å²) in [5, 5.41) is 19.3. The van der Waals surface area contributed by atoms with Crippen LogP contribution in [-0.4, -0.2) is 39.8 Å². The van der Waals surface area contributed by atoms with Gasteiger partial charge in [0.2, 0.25) is 5.75 Å². The van der Waals surface area contributed by atoms with Crippen molar-refractivity contribution in [2.75, 3.05) is 28.4 Å². The van der Waals surface area contributed by atoms with E-state index in [9.17, 15) is 10.4 Å². The summed E-state index contributed by atoms with van der Waals surface area (Å²) in [4.78, 5) is 0. The number of hydrogen-bond donors (Lipinski definition) is 1. The van der Waals surface area contributed by atoms with Crippen molar-refractivity contribution in [3.05, 3.63) is 17.7 Å². The number of hydrogen-bond acceptors (Lipinski definition) is 6. The summed E-state index contributed by atoms with van der Waals surface area (Å²) in [7, 11) is 5.79. The zero-order valence-corrected chi connectivity index (χ0v) is 12.3. The fraction of sp³-hybridized carbons (Fsp3) is 0.500. The van der Waals surface area contributed by atoms with Gasteiger partial charge >= 0.3 is 0 Å². The molecule has 0 fully saturated rings. The fourth-order valence-electron chi connectivity index (χ4n) is 1.88. The molecule has 2 unspecified atom stereocenters. The molecular weight excluding hydrogens is 262 g/mol. The Balaban J connectivity index is 3.50. The second kappa shape index (κ2) is 6.46. The summed E-state index contributed by atoms with van der Waals surface area (Å²) >= 11 is 0. The van der Waals surface area contributed by atoms with E-state index in [1.165, 1.54) is 28.4 Å². The van der Waals surface area contributed by atoms with Crippen molar-refractivity contribution < 1.29 is 24.1 Å². The number of aliphatic hydroxyl groups excluding tert-OH is 1. The Kier molecular flexibility index (Phi) is 5.19. The third kappa shape index (κ3) is 2.64. The lowest BCUT2D eigenvalue weighted by atomic mass is 9.83. The Morgan fingerprint density at radius 2 is 1.60 bits per heavy atom. The Labute approximate surface area is 118 Å². The van der Waals surface area contributed by atoms with Crippen LogP contribution in [0.5, 0.6) is 17.2 Å². The second-order valence-electron chi connectivity index (χ2n) is 4.32. The largest absolute Gasteiger partial charge is 0.493 e. The number of nitrogens with zero attached hydrogens (tertiary/aromatic N) is 1. The van der Waals surface area contributed by atoms with Crippen molar-refractivity contribution in [1.29, 1.82) is 5.26 Å². The van der Waals surface area contributed by atoms with Crippen LogP contribution in [0, 0.1) is 11.3 Å². The fourth-order valence-corrected chi connectivity index (χ4v) is 1.88. The first-order valence-electron chi connectivity index (χ1n) is 5.91. The van der Waals surface area contributed by atoms with E-state index in [1.54, 1.807) is 19.1 Å². The minimum absolute atomic E-state index is 0.409. The molecule has 6 heteroatoms. The van der Waals surface area contributed by atoms with E-state index in [2.05, 4.69) is 6.07 Å². The number of benzene rings is 1. The van der Waals surface area contributed by atoms with Gasteiger partial charge in [0.05, 0.1) is 27.4 Å². The average Bonchev–Trinajstić information content (AvgIpc) is 2.51. The molecule has 6 nitrogen and oxygen atoms in total. The van der Waals surface area contributed by atoms with Gasteiger partial charge in [0.25, 0.3) is 0 Å². The molecule has 1 rings (SSSR count). The van der Waals surface area contributed by atoms with Gasteiger partial charge in [-0.3, -0.25) is 0 Å².